The molecule has 10 heteroatoms. The molecule has 10 nitrogen and oxygen atoms in total. The number of carbonyl (C=O) groups is 1. The first-order chi connectivity index (χ1) is 19.8. The molecule has 1 atom stereocenters. The van der Waals surface area contributed by atoms with Gasteiger partial charge in [-0.1, -0.05) is 36.4 Å². The van der Waals surface area contributed by atoms with E-state index in [4.69, 9.17) is 14.5 Å². The second kappa shape index (κ2) is 12.2. The molecule has 0 unspecified atom stereocenters. The average molecular weight is 555 g/mol. The minimum atomic E-state index is -0.977. The third kappa shape index (κ3) is 6.54. The maximum atomic E-state index is 11.6. The van der Waals surface area contributed by atoms with Crippen LogP contribution < -0.4 is 19.7 Å². The number of piperidine rings is 1. The molecule has 3 heterocycles. The van der Waals surface area contributed by atoms with Gasteiger partial charge in [0, 0.05) is 18.3 Å². The van der Waals surface area contributed by atoms with Gasteiger partial charge in [-0.05, 0) is 57.4 Å². The van der Waals surface area contributed by atoms with E-state index in [0.717, 1.165) is 47.8 Å². The normalized spacial score (nSPS) is 15.3. The quantitative estimate of drug-likeness (QED) is 0.260. The van der Waals surface area contributed by atoms with Gasteiger partial charge in [0.2, 0.25) is 5.95 Å². The van der Waals surface area contributed by atoms with E-state index in [1.807, 2.05) is 61.5 Å². The number of nitrogens with zero attached hydrogens (tertiary/aromatic N) is 5. The van der Waals surface area contributed by atoms with Gasteiger partial charge < -0.3 is 24.8 Å². The molecule has 0 bridgehead atoms. The third-order valence-electron chi connectivity index (χ3n) is 7.10. The van der Waals surface area contributed by atoms with Crippen molar-refractivity contribution in [2.45, 2.75) is 45.1 Å². The maximum Gasteiger partial charge on any atom is 0.313 e. The van der Waals surface area contributed by atoms with Crippen LogP contribution in [0.25, 0.3) is 11.3 Å². The lowest BCUT2D eigenvalue weighted by Gasteiger charge is -2.33. The van der Waals surface area contributed by atoms with Gasteiger partial charge >= 0.3 is 5.97 Å². The van der Waals surface area contributed by atoms with Crippen LogP contribution in [-0.2, 0) is 10.2 Å². The minimum Gasteiger partial charge on any atom is -0.490 e. The number of anilines is 3. The number of aliphatic carboxylic acids is 1. The monoisotopic (exact) mass is 554 g/mol. The van der Waals surface area contributed by atoms with Gasteiger partial charge in [-0.2, -0.15) is 0 Å². The zero-order valence-electron chi connectivity index (χ0n) is 23.4. The van der Waals surface area contributed by atoms with Crippen molar-refractivity contribution in [3.05, 3.63) is 78.8 Å². The summed E-state index contributed by atoms with van der Waals surface area (Å²) in [6.07, 6.45) is 6.96. The van der Waals surface area contributed by atoms with Crippen molar-refractivity contribution in [3.63, 3.8) is 0 Å². The third-order valence-corrected chi connectivity index (χ3v) is 7.10. The highest BCUT2D eigenvalue weighted by atomic mass is 16.5. The van der Waals surface area contributed by atoms with E-state index >= 15 is 0 Å². The highest BCUT2D eigenvalue weighted by Gasteiger charge is 2.29. The number of nitrogens with one attached hydrogen (secondary N) is 1. The van der Waals surface area contributed by atoms with Crippen LogP contribution in [0.2, 0.25) is 0 Å². The van der Waals surface area contributed by atoms with Crippen molar-refractivity contribution in [2.75, 3.05) is 29.9 Å². The standard InChI is InChI=1S/C31H34N6O4/c1-4-40-25-9-5-6-10-26(25)41-23-8-7-17-37(20-23)28-19-32-18-27(35-28)36-30-33-16-15-24(34-30)21-11-13-22(14-12-21)31(2,3)29(38)39/h5-6,9-16,18-19,23H,4,7-8,17,20H2,1-3H3,(H,38,39)(H,33,34,35,36)/t23-/m1/s1. The van der Waals surface area contributed by atoms with Crippen molar-refractivity contribution in [1.82, 2.24) is 19.9 Å². The Balaban J connectivity index is 1.27. The van der Waals surface area contributed by atoms with Gasteiger partial charge in [0.05, 0.1) is 36.7 Å². The maximum absolute atomic E-state index is 11.6. The van der Waals surface area contributed by atoms with Crippen LogP contribution in [0.5, 0.6) is 11.5 Å². The Kier molecular flexibility index (Phi) is 8.28. The number of ether oxygens (including phenoxy) is 2. The van der Waals surface area contributed by atoms with Crippen LogP contribution in [0.1, 0.15) is 39.2 Å². The molecule has 2 aromatic heterocycles. The van der Waals surface area contributed by atoms with Crippen molar-refractivity contribution in [3.8, 4) is 22.8 Å². The van der Waals surface area contributed by atoms with E-state index in [0.29, 0.717) is 30.6 Å². The molecule has 0 radical (unpaired) electrons. The first-order valence-corrected chi connectivity index (χ1v) is 13.7. The smallest absolute Gasteiger partial charge is 0.313 e. The fourth-order valence-electron chi connectivity index (χ4n) is 4.69. The molecule has 2 aromatic carbocycles. The number of para-hydroxylation sites is 2. The molecule has 0 amide bonds. The van der Waals surface area contributed by atoms with Gasteiger partial charge in [0.1, 0.15) is 11.9 Å². The van der Waals surface area contributed by atoms with E-state index in [9.17, 15) is 9.90 Å². The molecule has 1 fully saturated rings. The van der Waals surface area contributed by atoms with E-state index in [1.54, 1.807) is 32.4 Å². The van der Waals surface area contributed by atoms with Crippen LogP contribution in [-0.4, -0.2) is 56.8 Å². The highest BCUT2D eigenvalue weighted by molar-refractivity contribution is 5.80. The Bertz CT molecular complexity index is 1490. The molecule has 2 N–H and O–H groups in total. The lowest BCUT2D eigenvalue weighted by atomic mass is 9.84. The topological polar surface area (TPSA) is 123 Å². The van der Waals surface area contributed by atoms with Gasteiger partial charge in [0.25, 0.3) is 0 Å². The summed E-state index contributed by atoms with van der Waals surface area (Å²) < 4.78 is 12.1. The molecule has 0 spiro atoms. The molecule has 212 valence electrons. The number of benzene rings is 2. The summed E-state index contributed by atoms with van der Waals surface area (Å²) in [5.41, 5.74) is 1.30. The van der Waals surface area contributed by atoms with Gasteiger partial charge in [-0.15, -0.1) is 0 Å². The van der Waals surface area contributed by atoms with Crippen molar-refractivity contribution in [2.24, 2.45) is 0 Å². The van der Waals surface area contributed by atoms with Crippen molar-refractivity contribution < 1.29 is 19.4 Å². The average Bonchev–Trinajstić information content (AvgIpc) is 2.99. The Morgan fingerprint density at radius 3 is 2.61 bits per heavy atom. The number of carboxylic acid groups (broad SMARTS) is 1. The van der Waals surface area contributed by atoms with Gasteiger partial charge in [0.15, 0.2) is 17.3 Å². The summed E-state index contributed by atoms with van der Waals surface area (Å²) in [5, 5.41) is 12.7. The fourth-order valence-corrected chi connectivity index (χ4v) is 4.69. The lowest BCUT2D eigenvalue weighted by molar-refractivity contribution is -0.142. The number of hydrogen-bond acceptors (Lipinski definition) is 9. The Hall–Kier alpha value is -4.73. The van der Waals surface area contributed by atoms with Crippen molar-refractivity contribution in [1.29, 1.82) is 0 Å². The molecular weight excluding hydrogens is 520 g/mol. The molecule has 1 aliphatic rings. The van der Waals surface area contributed by atoms with Gasteiger partial charge in [-0.25, -0.2) is 15.0 Å². The van der Waals surface area contributed by atoms with E-state index < -0.39 is 11.4 Å². The number of rotatable bonds is 10. The van der Waals surface area contributed by atoms with Crippen LogP contribution in [0.15, 0.2) is 73.2 Å². The summed E-state index contributed by atoms with van der Waals surface area (Å²) in [6.45, 7) is 7.44. The van der Waals surface area contributed by atoms with Crippen LogP contribution >= 0.6 is 0 Å². The minimum absolute atomic E-state index is 0.00347. The Morgan fingerprint density at radius 2 is 1.85 bits per heavy atom. The largest absolute Gasteiger partial charge is 0.490 e. The fraction of sp³-hybridized carbons (Fsp3) is 0.323. The van der Waals surface area contributed by atoms with Crippen LogP contribution in [0.4, 0.5) is 17.6 Å². The lowest BCUT2D eigenvalue weighted by Crippen LogP contribution is -2.41. The first-order valence-electron chi connectivity index (χ1n) is 13.7. The first kappa shape index (κ1) is 27.8. The number of aromatic nitrogens is 4. The van der Waals surface area contributed by atoms with E-state index in [1.165, 1.54) is 0 Å². The molecule has 0 aliphatic carbocycles. The van der Waals surface area contributed by atoms with Crippen LogP contribution in [0, 0.1) is 0 Å². The van der Waals surface area contributed by atoms with Gasteiger partial charge in [-0.3, -0.25) is 9.78 Å². The summed E-state index contributed by atoms with van der Waals surface area (Å²) in [7, 11) is 0. The summed E-state index contributed by atoms with van der Waals surface area (Å²) in [4.78, 5) is 31.9. The second-order valence-electron chi connectivity index (χ2n) is 10.4. The Morgan fingerprint density at radius 1 is 1.07 bits per heavy atom. The molecule has 0 saturated carbocycles. The van der Waals surface area contributed by atoms with E-state index in [2.05, 4.69) is 25.2 Å². The molecular formula is C31H34N6O4. The summed E-state index contributed by atoms with van der Waals surface area (Å²) in [5.74, 6) is 2.29. The molecule has 4 aromatic rings. The molecule has 1 aliphatic heterocycles. The Labute approximate surface area is 239 Å². The molecule has 1 saturated heterocycles. The van der Waals surface area contributed by atoms with Crippen molar-refractivity contribution >= 4 is 23.6 Å². The SMILES string of the molecule is CCOc1ccccc1O[C@@H]1CCCN(c2cncc(Nc3nccc(-c4ccc(C(C)(C)C(=O)O)cc4)n3)n2)C1. The predicted molar refractivity (Wildman–Crippen MR) is 157 cm³/mol. The highest BCUT2D eigenvalue weighted by Crippen LogP contribution is 2.30. The molecule has 41 heavy (non-hydrogen) atoms. The summed E-state index contributed by atoms with van der Waals surface area (Å²) >= 11 is 0. The zero-order chi connectivity index (χ0) is 28.8. The molecule has 5 rings (SSSR count). The second-order valence-corrected chi connectivity index (χ2v) is 10.4. The number of hydrogen-bond donors (Lipinski definition) is 2. The summed E-state index contributed by atoms with van der Waals surface area (Å²) in [6, 6.07) is 16.9. The zero-order valence-corrected chi connectivity index (χ0v) is 23.4. The van der Waals surface area contributed by atoms with Crippen LogP contribution in [0.3, 0.4) is 0 Å². The van der Waals surface area contributed by atoms with E-state index in [-0.39, 0.29) is 6.10 Å². The predicted octanol–water partition coefficient (Wildman–Crippen LogP) is 5.49. The number of carboxylic acids is 1.